The number of carbonyl (C=O) groups is 2. The zero-order chi connectivity index (χ0) is 22.8. The molecule has 164 valence electrons. The van der Waals surface area contributed by atoms with Crippen LogP contribution in [0.15, 0.2) is 48.5 Å². The normalized spacial score (nSPS) is 12.4. The third kappa shape index (κ3) is 11.0. The molecule has 0 saturated heterocycles. The minimum Gasteiger partial charge on any atom is -0.550 e. The van der Waals surface area contributed by atoms with E-state index < -0.39 is 23.8 Å². The molecule has 2 aromatic rings. The zero-order valence-electron chi connectivity index (χ0n) is 20.0. The van der Waals surface area contributed by atoms with E-state index in [0.717, 1.165) is 24.0 Å². The van der Waals surface area contributed by atoms with E-state index in [1.54, 1.807) is 13.8 Å². The van der Waals surface area contributed by atoms with E-state index in [1.165, 1.54) is 11.1 Å². The van der Waals surface area contributed by atoms with Gasteiger partial charge in [0.15, 0.2) is 0 Å². The first-order valence-electron chi connectivity index (χ1n) is 10.6. The fraction of sp³-hybridized carbons (Fsp3) is 0.462. The molecule has 0 aromatic heterocycles. The van der Waals surface area contributed by atoms with Crippen LogP contribution in [0.25, 0.3) is 0 Å². The monoisotopic (exact) mass is 434 g/mol. The van der Waals surface area contributed by atoms with Gasteiger partial charge in [0.05, 0.1) is 5.92 Å². The number of hydrogen-bond acceptors (Lipinski definition) is 3. The summed E-state index contributed by atoms with van der Waals surface area (Å²) in [6, 6.07) is 15.6. The molecule has 5 heteroatoms. The second-order valence-electron chi connectivity index (χ2n) is 8.78. The molecular weight excluding hydrogens is 399 g/mol. The van der Waals surface area contributed by atoms with E-state index in [4.69, 9.17) is 5.11 Å². The van der Waals surface area contributed by atoms with E-state index in [0.29, 0.717) is 11.8 Å². The molecule has 0 aliphatic carbocycles. The van der Waals surface area contributed by atoms with Gasteiger partial charge in [-0.3, -0.25) is 4.79 Å². The Morgan fingerprint density at radius 1 is 0.710 bits per heavy atom. The topological polar surface area (TPSA) is 77.4 Å². The maximum Gasteiger partial charge on any atom is 1.00 e. The minimum atomic E-state index is -1.02. The van der Waals surface area contributed by atoms with Crippen LogP contribution in [0.5, 0.6) is 0 Å². The molecule has 2 rings (SSSR count). The van der Waals surface area contributed by atoms with Crippen LogP contribution in [0.2, 0.25) is 0 Å². The second-order valence-corrected chi connectivity index (χ2v) is 8.78. The number of rotatable bonds is 8. The van der Waals surface area contributed by atoms with Gasteiger partial charge in [0.2, 0.25) is 0 Å². The Morgan fingerprint density at radius 2 is 1.03 bits per heavy atom. The first-order chi connectivity index (χ1) is 14.0. The van der Waals surface area contributed by atoms with Crippen molar-refractivity contribution in [3.8, 4) is 0 Å². The Bertz CT molecular complexity index is 726. The quantitative estimate of drug-likeness (QED) is 0.643. The van der Waals surface area contributed by atoms with Gasteiger partial charge in [-0.15, -0.1) is 0 Å². The van der Waals surface area contributed by atoms with Crippen molar-refractivity contribution < 1.29 is 49.4 Å². The Hall–Kier alpha value is -1.62. The molecule has 0 fully saturated rings. The molecule has 2 unspecified atom stereocenters. The molecule has 0 heterocycles. The summed E-state index contributed by atoms with van der Waals surface area (Å²) in [6.07, 6.45) is 2.07. The number of carbonyl (C=O) groups excluding carboxylic acids is 1. The van der Waals surface area contributed by atoms with Gasteiger partial charge in [-0.2, -0.15) is 0 Å². The van der Waals surface area contributed by atoms with Crippen LogP contribution in [0, 0.1) is 11.8 Å². The minimum absolute atomic E-state index is 0. The van der Waals surface area contributed by atoms with Crippen molar-refractivity contribution in [2.75, 3.05) is 0 Å². The molecule has 31 heavy (non-hydrogen) atoms. The summed E-state index contributed by atoms with van der Waals surface area (Å²) < 4.78 is 0. The molecule has 0 aliphatic heterocycles. The maximum absolute atomic E-state index is 10.8. The van der Waals surface area contributed by atoms with Crippen LogP contribution in [0.1, 0.15) is 75.6 Å². The van der Waals surface area contributed by atoms with Crippen molar-refractivity contribution >= 4 is 11.9 Å². The summed E-state index contributed by atoms with van der Waals surface area (Å²) in [5.74, 6) is -1.49. The number of benzene rings is 2. The van der Waals surface area contributed by atoms with E-state index >= 15 is 0 Å². The van der Waals surface area contributed by atoms with Crippen molar-refractivity contribution in [3.05, 3.63) is 70.8 Å². The van der Waals surface area contributed by atoms with E-state index in [1.807, 2.05) is 48.5 Å². The number of carboxylic acid groups (broad SMARTS) is 2. The fourth-order valence-electron chi connectivity index (χ4n) is 3.11. The zero-order valence-corrected chi connectivity index (χ0v) is 22.0. The number of carboxylic acids is 2. The van der Waals surface area contributed by atoms with Crippen LogP contribution in [0.4, 0.5) is 0 Å². The van der Waals surface area contributed by atoms with Crippen LogP contribution in [0.3, 0.4) is 0 Å². The van der Waals surface area contributed by atoms with E-state index in [2.05, 4.69) is 27.7 Å². The molecule has 0 saturated carbocycles. The van der Waals surface area contributed by atoms with Crippen molar-refractivity contribution in [1.29, 1.82) is 0 Å². The van der Waals surface area contributed by atoms with Gasteiger partial charge in [0.1, 0.15) is 0 Å². The average Bonchev–Trinajstić information content (AvgIpc) is 2.67. The Kier molecular flexibility index (Phi) is 13.7. The van der Waals surface area contributed by atoms with Gasteiger partial charge in [-0.25, -0.2) is 0 Å². The van der Waals surface area contributed by atoms with Crippen molar-refractivity contribution in [2.45, 2.75) is 66.2 Å². The van der Waals surface area contributed by atoms with Crippen molar-refractivity contribution in [3.63, 3.8) is 0 Å². The van der Waals surface area contributed by atoms with Gasteiger partial charge in [-0.1, -0.05) is 83.1 Å². The molecule has 0 radical (unpaired) electrons. The van der Waals surface area contributed by atoms with Gasteiger partial charge in [-0.05, 0) is 53.9 Å². The molecular formula is C26H35NaO4. The van der Waals surface area contributed by atoms with E-state index in [9.17, 15) is 14.7 Å². The van der Waals surface area contributed by atoms with Crippen molar-refractivity contribution in [1.82, 2.24) is 0 Å². The summed E-state index contributed by atoms with van der Waals surface area (Å²) in [4.78, 5) is 21.4. The van der Waals surface area contributed by atoms with E-state index in [-0.39, 0.29) is 29.6 Å². The first-order valence-corrected chi connectivity index (χ1v) is 10.6. The molecule has 0 amide bonds. The van der Waals surface area contributed by atoms with Crippen LogP contribution in [-0.2, 0) is 22.4 Å². The molecule has 0 aliphatic rings. The molecule has 2 aromatic carbocycles. The van der Waals surface area contributed by atoms with Crippen LogP contribution in [-0.4, -0.2) is 17.0 Å². The summed E-state index contributed by atoms with van der Waals surface area (Å²) in [6.45, 7) is 12.0. The summed E-state index contributed by atoms with van der Waals surface area (Å²) >= 11 is 0. The third-order valence-corrected chi connectivity index (χ3v) is 4.97. The summed E-state index contributed by atoms with van der Waals surface area (Å²) in [5, 5.41) is 19.5. The SMILES string of the molecule is CC(C)Cc1ccc(C(C)C(=O)O)cc1.CC(C)Cc1ccc(C(C)C(=O)[O-])cc1.[Na+]. The fourth-order valence-corrected chi connectivity index (χ4v) is 3.11. The predicted octanol–water partition coefficient (Wildman–Crippen LogP) is 1.82. The standard InChI is InChI=1S/2C13H18O2.Na/c2*1-9(2)8-11-4-6-12(7-5-11)10(3)13(14)15;/h2*4-7,9-10H,8H2,1-3H3,(H,14,15);/q;;+1/p-1. The van der Waals surface area contributed by atoms with Gasteiger partial charge < -0.3 is 15.0 Å². The smallest absolute Gasteiger partial charge is 0.550 e. The maximum atomic E-state index is 10.8. The van der Waals surface area contributed by atoms with Gasteiger partial charge in [0.25, 0.3) is 0 Å². The molecule has 4 nitrogen and oxygen atoms in total. The average molecular weight is 435 g/mol. The molecule has 2 atom stereocenters. The van der Waals surface area contributed by atoms with Gasteiger partial charge >= 0.3 is 35.5 Å². The third-order valence-electron chi connectivity index (χ3n) is 4.97. The summed E-state index contributed by atoms with van der Waals surface area (Å²) in [7, 11) is 0. The summed E-state index contributed by atoms with van der Waals surface area (Å²) in [5.41, 5.74) is 4.20. The molecule has 0 bridgehead atoms. The predicted molar refractivity (Wildman–Crippen MR) is 119 cm³/mol. The molecule has 1 N–H and O–H groups in total. The number of aliphatic carboxylic acids is 2. The van der Waals surface area contributed by atoms with Gasteiger partial charge in [0, 0.05) is 11.9 Å². The number of hydrogen-bond donors (Lipinski definition) is 1. The largest absolute Gasteiger partial charge is 1.00 e. The Morgan fingerprint density at radius 3 is 1.29 bits per heavy atom. The van der Waals surface area contributed by atoms with Crippen molar-refractivity contribution in [2.24, 2.45) is 11.8 Å². The second kappa shape index (κ2) is 14.4. The molecule has 0 spiro atoms. The Labute approximate surface area is 209 Å². The van der Waals surface area contributed by atoms with Crippen LogP contribution < -0.4 is 34.7 Å². The van der Waals surface area contributed by atoms with Crippen LogP contribution >= 0.6 is 0 Å². The Balaban J connectivity index is 0.000000562. The first kappa shape index (κ1) is 29.4.